The molecule has 0 unspecified atom stereocenters. The molecule has 2 heterocycles. The van der Waals surface area contributed by atoms with E-state index in [1.165, 1.54) is 6.42 Å². The van der Waals surface area contributed by atoms with Gasteiger partial charge in [0.25, 0.3) is 5.91 Å². The van der Waals surface area contributed by atoms with Crippen molar-refractivity contribution in [1.29, 1.82) is 0 Å². The van der Waals surface area contributed by atoms with Gasteiger partial charge in [-0.3, -0.25) is 4.79 Å². The molecule has 2 aromatic heterocycles. The van der Waals surface area contributed by atoms with Crippen LogP contribution in [0.2, 0.25) is 5.15 Å². The standard InChI is InChI=1S/C15H18ClN5O.C2H6.CH4O/c1-21-9-17-8-12(21)11-7-13(16)20-14(19-11)15(22)18-10-5-3-2-4-6-10;2*1-2/h7-10H,2-6H2,1H3,(H,18,22);1-2H3;2H,1H3. The molecule has 7 nitrogen and oxygen atoms in total. The molecule has 0 atom stereocenters. The topological polar surface area (TPSA) is 92.9 Å². The number of amides is 1. The lowest BCUT2D eigenvalue weighted by atomic mass is 9.95. The maximum atomic E-state index is 12.4. The summed E-state index contributed by atoms with van der Waals surface area (Å²) >= 11 is 6.05. The number of carbonyl (C=O) groups is 1. The molecule has 2 aromatic rings. The summed E-state index contributed by atoms with van der Waals surface area (Å²) < 4.78 is 1.82. The Labute approximate surface area is 159 Å². The number of imidazole rings is 1. The molecule has 0 aromatic carbocycles. The summed E-state index contributed by atoms with van der Waals surface area (Å²) in [7, 11) is 2.86. The Balaban J connectivity index is 0.000000791. The first-order chi connectivity index (χ1) is 12.6. The Bertz CT molecular complexity index is 684. The molecule has 26 heavy (non-hydrogen) atoms. The second kappa shape index (κ2) is 11.6. The first-order valence-corrected chi connectivity index (χ1v) is 9.28. The Morgan fingerprint density at radius 1 is 1.23 bits per heavy atom. The zero-order valence-corrected chi connectivity index (χ0v) is 16.6. The monoisotopic (exact) mass is 381 g/mol. The molecular weight excluding hydrogens is 354 g/mol. The molecular formula is C18H28ClN5O2. The smallest absolute Gasteiger partial charge is 0.289 e. The summed E-state index contributed by atoms with van der Waals surface area (Å²) in [6.45, 7) is 4.00. The summed E-state index contributed by atoms with van der Waals surface area (Å²) in [5.41, 5.74) is 1.38. The number of nitrogens with one attached hydrogen (secondary N) is 1. The molecule has 1 amide bonds. The van der Waals surface area contributed by atoms with E-state index in [1.807, 2.05) is 25.5 Å². The highest BCUT2D eigenvalue weighted by atomic mass is 35.5. The highest BCUT2D eigenvalue weighted by molar-refractivity contribution is 6.29. The van der Waals surface area contributed by atoms with Crippen molar-refractivity contribution in [1.82, 2.24) is 24.8 Å². The number of hydrogen-bond donors (Lipinski definition) is 2. The van der Waals surface area contributed by atoms with Crippen LogP contribution in [-0.2, 0) is 7.05 Å². The van der Waals surface area contributed by atoms with Gasteiger partial charge in [0, 0.05) is 26.3 Å². The normalized spacial score (nSPS) is 13.8. The van der Waals surface area contributed by atoms with Crippen molar-refractivity contribution in [2.24, 2.45) is 7.05 Å². The Hall–Kier alpha value is -1.99. The van der Waals surface area contributed by atoms with Gasteiger partial charge in [0.2, 0.25) is 5.82 Å². The zero-order valence-electron chi connectivity index (χ0n) is 15.9. The number of aryl methyl sites for hydroxylation is 1. The van der Waals surface area contributed by atoms with Crippen LogP contribution in [0.4, 0.5) is 0 Å². The number of halogens is 1. The van der Waals surface area contributed by atoms with Crippen molar-refractivity contribution in [3.8, 4) is 11.4 Å². The highest BCUT2D eigenvalue weighted by Crippen LogP contribution is 2.20. The fraction of sp³-hybridized carbons (Fsp3) is 0.556. The minimum atomic E-state index is -0.266. The second-order valence-corrected chi connectivity index (χ2v) is 5.98. The van der Waals surface area contributed by atoms with E-state index in [4.69, 9.17) is 16.7 Å². The SMILES string of the molecule is CC.CO.Cn1cncc1-c1cc(Cl)nc(C(=O)NC2CCCCC2)n1. The van der Waals surface area contributed by atoms with Gasteiger partial charge in [-0.05, 0) is 12.8 Å². The van der Waals surface area contributed by atoms with E-state index in [0.29, 0.717) is 5.69 Å². The number of rotatable bonds is 3. The van der Waals surface area contributed by atoms with Crippen LogP contribution in [0.25, 0.3) is 11.4 Å². The van der Waals surface area contributed by atoms with Crippen LogP contribution in [0.1, 0.15) is 56.6 Å². The quantitative estimate of drug-likeness (QED) is 0.796. The maximum Gasteiger partial charge on any atom is 0.289 e. The minimum absolute atomic E-state index is 0.106. The second-order valence-electron chi connectivity index (χ2n) is 5.60. The van der Waals surface area contributed by atoms with Crippen LogP contribution in [0.3, 0.4) is 0 Å². The number of hydrogen-bond acceptors (Lipinski definition) is 5. The van der Waals surface area contributed by atoms with Crippen LogP contribution >= 0.6 is 11.6 Å². The predicted octanol–water partition coefficient (Wildman–Crippen LogP) is 3.23. The Kier molecular flexibility index (Phi) is 9.83. The third-order valence-corrected chi connectivity index (χ3v) is 4.11. The average Bonchev–Trinajstić information content (AvgIpc) is 3.11. The van der Waals surface area contributed by atoms with E-state index >= 15 is 0 Å². The van der Waals surface area contributed by atoms with Gasteiger partial charge in [0.1, 0.15) is 5.15 Å². The number of carbonyl (C=O) groups excluding carboxylic acids is 1. The third-order valence-electron chi connectivity index (χ3n) is 3.92. The maximum absolute atomic E-state index is 12.4. The lowest BCUT2D eigenvalue weighted by Gasteiger charge is -2.22. The molecule has 0 bridgehead atoms. The molecule has 1 aliphatic carbocycles. The van der Waals surface area contributed by atoms with Crippen LogP contribution in [-0.4, -0.2) is 43.7 Å². The molecule has 3 rings (SSSR count). The molecule has 0 radical (unpaired) electrons. The fourth-order valence-electron chi connectivity index (χ4n) is 2.75. The minimum Gasteiger partial charge on any atom is -0.400 e. The van der Waals surface area contributed by atoms with Gasteiger partial charge >= 0.3 is 0 Å². The van der Waals surface area contributed by atoms with Gasteiger partial charge in [-0.15, -0.1) is 0 Å². The Morgan fingerprint density at radius 2 is 1.88 bits per heavy atom. The van der Waals surface area contributed by atoms with Gasteiger partial charge in [-0.2, -0.15) is 0 Å². The van der Waals surface area contributed by atoms with Crippen LogP contribution in [0, 0.1) is 0 Å². The van der Waals surface area contributed by atoms with Crippen molar-refractivity contribution in [3.63, 3.8) is 0 Å². The summed E-state index contributed by atoms with van der Waals surface area (Å²) in [5, 5.41) is 10.3. The molecule has 8 heteroatoms. The van der Waals surface area contributed by atoms with E-state index in [2.05, 4.69) is 20.3 Å². The van der Waals surface area contributed by atoms with Crippen LogP contribution < -0.4 is 5.32 Å². The van der Waals surface area contributed by atoms with Gasteiger partial charge in [0.05, 0.1) is 23.9 Å². The first-order valence-electron chi connectivity index (χ1n) is 8.90. The van der Waals surface area contributed by atoms with Gasteiger partial charge < -0.3 is 15.0 Å². The largest absolute Gasteiger partial charge is 0.400 e. The van der Waals surface area contributed by atoms with E-state index < -0.39 is 0 Å². The number of aromatic nitrogens is 4. The summed E-state index contributed by atoms with van der Waals surface area (Å²) in [5.74, 6) is -0.160. The van der Waals surface area contributed by atoms with Crippen LogP contribution in [0.15, 0.2) is 18.6 Å². The Morgan fingerprint density at radius 3 is 2.46 bits per heavy atom. The first kappa shape index (κ1) is 22.1. The molecule has 1 saturated carbocycles. The molecule has 0 aliphatic heterocycles. The highest BCUT2D eigenvalue weighted by Gasteiger charge is 2.19. The molecule has 0 spiro atoms. The van der Waals surface area contributed by atoms with Crippen LogP contribution in [0.5, 0.6) is 0 Å². The van der Waals surface area contributed by atoms with Crippen molar-refractivity contribution < 1.29 is 9.90 Å². The van der Waals surface area contributed by atoms with E-state index in [-0.39, 0.29) is 22.9 Å². The molecule has 144 valence electrons. The number of aliphatic hydroxyl groups excluding tert-OH is 1. The molecule has 1 aliphatic rings. The van der Waals surface area contributed by atoms with Crippen molar-refractivity contribution in [3.05, 3.63) is 29.6 Å². The predicted molar refractivity (Wildman–Crippen MR) is 103 cm³/mol. The molecule has 2 N–H and O–H groups in total. The average molecular weight is 382 g/mol. The number of aliphatic hydroxyl groups is 1. The zero-order chi connectivity index (χ0) is 19.5. The lowest BCUT2D eigenvalue weighted by Crippen LogP contribution is -2.37. The third kappa shape index (κ3) is 6.07. The molecule has 1 fully saturated rings. The van der Waals surface area contributed by atoms with E-state index in [1.54, 1.807) is 18.6 Å². The van der Waals surface area contributed by atoms with E-state index in [9.17, 15) is 4.79 Å². The van der Waals surface area contributed by atoms with Crippen molar-refractivity contribution >= 4 is 17.5 Å². The summed E-state index contributed by atoms with van der Waals surface area (Å²) in [4.78, 5) is 24.8. The fourth-order valence-corrected chi connectivity index (χ4v) is 2.93. The van der Waals surface area contributed by atoms with Crippen molar-refractivity contribution in [2.45, 2.75) is 52.0 Å². The van der Waals surface area contributed by atoms with Gasteiger partial charge in [-0.25, -0.2) is 15.0 Å². The van der Waals surface area contributed by atoms with Gasteiger partial charge in [0.15, 0.2) is 0 Å². The van der Waals surface area contributed by atoms with Gasteiger partial charge in [-0.1, -0.05) is 44.7 Å². The lowest BCUT2D eigenvalue weighted by molar-refractivity contribution is 0.0917. The molecule has 0 saturated heterocycles. The summed E-state index contributed by atoms with van der Waals surface area (Å²) in [6.07, 6.45) is 8.93. The van der Waals surface area contributed by atoms with E-state index in [0.717, 1.165) is 38.5 Å². The van der Waals surface area contributed by atoms with Crippen molar-refractivity contribution in [2.75, 3.05) is 7.11 Å². The summed E-state index contributed by atoms with van der Waals surface area (Å²) in [6, 6.07) is 1.85. The number of nitrogens with zero attached hydrogens (tertiary/aromatic N) is 4.